The van der Waals surface area contributed by atoms with E-state index in [0.29, 0.717) is 18.7 Å². The lowest BCUT2D eigenvalue weighted by Crippen LogP contribution is -2.51. The van der Waals surface area contributed by atoms with Gasteiger partial charge in [0.15, 0.2) is 0 Å². The lowest BCUT2D eigenvalue weighted by atomic mass is 9.97. The van der Waals surface area contributed by atoms with Crippen LogP contribution in [0.1, 0.15) is 53.4 Å². The highest BCUT2D eigenvalue weighted by molar-refractivity contribution is 5.80. The number of nitrogens with one attached hydrogen (secondary N) is 1. The molecule has 0 spiro atoms. The van der Waals surface area contributed by atoms with Gasteiger partial charge >= 0.3 is 5.97 Å². The fraction of sp³-hybridized carbons (Fsp3) is 0.933. The van der Waals surface area contributed by atoms with Crippen molar-refractivity contribution in [1.29, 1.82) is 0 Å². The number of nitrogens with zero attached hydrogens (tertiary/aromatic N) is 1. The molecule has 3 unspecified atom stereocenters. The number of rotatable bonds is 7. The average molecular weight is 270 g/mol. The van der Waals surface area contributed by atoms with E-state index in [2.05, 4.69) is 24.1 Å². The molecule has 0 aliphatic carbocycles. The van der Waals surface area contributed by atoms with E-state index in [0.717, 1.165) is 13.0 Å². The maximum atomic E-state index is 12.0. The van der Waals surface area contributed by atoms with Crippen LogP contribution in [0.25, 0.3) is 0 Å². The highest BCUT2D eigenvalue weighted by Crippen LogP contribution is 2.27. The first kappa shape index (κ1) is 16.4. The van der Waals surface area contributed by atoms with Gasteiger partial charge in [0, 0.05) is 18.6 Å². The van der Waals surface area contributed by atoms with Crippen molar-refractivity contribution < 1.29 is 9.53 Å². The summed E-state index contributed by atoms with van der Waals surface area (Å²) in [6, 6.07) is 1.31. The molecule has 0 amide bonds. The molecule has 0 aromatic carbocycles. The van der Waals surface area contributed by atoms with Crippen molar-refractivity contribution in [3.8, 4) is 0 Å². The zero-order valence-electron chi connectivity index (χ0n) is 13.2. The zero-order chi connectivity index (χ0) is 14.5. The summed E-state index contributed by atoms with van der Waals surface area (Å²) in [7, 11) is 1.83. The van der Waals surface area contributed by atoms with Gasteiger partial charge in [-0.15, -0.1) is 0 Å². The monoisotopic (exact) mass is 270 g/mol. The summed E-state index contributed by atoms with van der Waals surface area (Å²) in [6.07, 6.45) is 4.55. The predicted octanol–water partition coefficient (Wildman–Crippen LogP) is 2.18. The van der Waals surface area contributed by atoms with Gasteiger partial charge in [0.2, 0.25) is 0 Å². The Labute approximate surface area is 117 Å². The Morgan fingerprint density at radius 1 is 1.42 bits per heavy atom. The van der Waals surface area contributed by atoms with Gasteiger partial charge in [-0.05, 0) is 53.5 Å². The molecular weight excluding hydrogens is 240 g/mol. The Bertz CT molecular complexity index is 296. The summed E-state index contributed by atoms with van der Waals surface area (Å²) in [4.78, 5) is 14.6. The van der Waals surface area contributed by atoms with Crippen LogP contribution in [0.4, 0.5) is 0 Å². The molecule has 1 rings (SSSR count). The lowest BCUT2D eigenvalue weighted by Gasteiger charge is -2.33. The van der Waals surface area contributed by atoms with Crippen LogP contribution < -0.4 is 5.32 Å². The molecular formula is C15H30N2O2. The van der Waals surface area contributed by atoms with Crippen molar-refractivity contribution >= 4 is 5.97 Å². The molecule has 4 heteroatoms. The molecule has 1 aliphatic rings. The molecule has 1 heterocycles. The molecule has 112 valence electrons. The maximum absolute atomic E-state index is 12.0. The Kier molecular flexibility index (Phi) is 6.27. The third-order valence-corrected chi connectivity index (χ3v) is 4.57. The minimum absolute atomic E-state index is 0.141. The molecule has 0 bridgehead atoms. The van der Waals surface area contributed by atoms with Crippen molar-refractivity contribution in [3.05, 3.63) is 0 Å². The molecule has 19 heavy (non-hydrogen) atoms. The third-order valence-electron chi connectivity index (χ3n) is 4.57. The second kappa shape index (κ2) is 7.25. The van der Waals surface area contributed by atoms with E-state index >= 15 is 0 Å². The number of ether oxygens (including phenoxy) is 1. The van der Waals surface area contributed by atoms with Crippen LogP contribution in [0, 0.1) is 0 Å². The standard InChI is InChI=1S/C15H30N2O2/c1-6-13-9-8-12(3)17(13)11-10-15(4,16-5)14(18)19-7-2/h12-13,16H,6-11H2,1-5H3. The van der Waals surface area contributed by atoms with Crippen LogP contribution in [0.3, 0.4) is 0 Å². The van der Waals surface area contributed by atoms with Crippen molar-refractivity contribution in [2.45, 2.75) is 71.0 Å². The molecule has 3 atom stereocenters. The van der Waals surface area contributed by atoms with Crippen LogP contribution in [0.15, 0.2) is 0 Å². The van der Waals surface area contributed by atoms with Crippen LogP contribution in [-0.2, 0) is 9.53 Å². The van der Waals surface area contributed by atoms with Gasteiger partial charge in [0.25, 0.3) is 0 Å². The van der Waals surface area contributed by atoms with Crippen LogP contribution >= 0.6 is 0 Å². The Balaban J connectivity index is 2.59. The SMILES string of the molecule is CCOC(=O)C(C)(CCN1C(C)CCC1CC)NC. The lowest BCUT2D eigenvalue weighted by molar-refractivity contribution is -0.150. The quantitative estimate of drug-likeness (QED) is 0.720. The van der Waals surface area contributed by atoms with E-state index in [1.807, 2.05) is 20.9 Å². The highest BCUT2D eigenvalue weighted by atomic mass is 16.5. The Hall–Kier alpha value is -0.610. The van der Waals surface area contributed by atoms with Crippen molar-refractivity contribution in [2.75, 3.05) is 20.2 Å². The smallest absolute Gasteiger partial charge is 0.326 e. The molecule has 1 N–H and O–H groups in total. The van der Waals surface area contributed by atoms with Gasteiger partial charge in [0.05, 0.1) is 6.61 Å². The topological polar surface area (TPSA) is 41.6 Å². The minimum atomic E-state index is -0.573. The van der Waals surface area contributed by atoms with Gasteiger partial charge in [-0.25, -0.2) is 0 Å². The number of hydrogen-bond donors (Lipinski definition) is 1. The zero-order valence-corrected chi connectivity index (χ0v) is 13.2. The van der Waals surface area contributed by atoms with Gasteiger partial charge in [-0.2, -0.15) is 0 Å². The highest BCUT2D eigenvalue weighted by Gasteiger charge is 2.36. The van der Waals surface area contributed by atoms with E-state index in [4.69, 9.17) is 4.74 Å². The first-order chi connectivity index (χ1) is 8.98. The molecule has 1 fully saturated rings. The van der Waals surface area contributed by atoms with E-state index in [1.165, 1.54) is 19.3 Å². The van der Waals surface area contributed by atoms with Crippen molar-refractivity contribution in [3.63, 3.8) is 0 Å². The van der Waals surface area contributed by atoms with E-state index < -0.39 is 5.54 Å². The van der Waals surface area contributed by atoms with E-state index in [9.17, 15) is 4.79 Å². The number of carbonyl (C=O) groups excluding carboxylic acids is 1. The van der Waals surface area contributed by atoms with Crippen LogP contribution in [-0.4, -0.2) is 48.7 Å². The summed E-state index contributed by atoms with van der Waals surface area (Å²) >= 11 is 0. The fourth-order valence-corrected chi connectivity index (χ4v) is 2.94. The second-order valence-corrected chi connectivity index (χ2v) is 5.78. The molecule has 0 aromatic rings. The third kappa shape index (κ3) is 3.93. The van der Waals surface area contributed by atoms with Crippen LogP contribution in [0.2, 0.25) is 0 Å². The number of likely N-dealkylation sites (N-methyl/N-ethyl adjacent to an activating group) is 1. The largest absolute Gasteiger partial charge is 0.465 e. The molecule has 0 aromatic heterocycles. The number of esters is 1. The summed E-state index contributed by atoms with van der Waals surface area (Å²) in [5.74, 6) is -0.141. The van der Waals surface area contributed by atoms with Gasteiger partial charge in [0.1, 0.15) is 5.54 Å². The number of likely N-dealkylation sites (tertiary alicyclic amines) is 1. The second-order valence-electron chi connectivity index (χ2n) is 5.78. The Morgan fingerprint density at radius 3 is 2.63 bits per heavy atom. The summed E-state index contributed by atoms with van der Waals surface area (Å²) in [5.41, 5.74) is -0.573. The summed E-state index contributed by atoms with van der Waals surface area (Å²) in [5, 5.41) is 3.13. The van der Waals surface area contributed by atoms with Crippen LogP contribution in [0.5, 0.6) is 0 Å². The predicted molar refractivity (Wildman–Crippen MR) is 78.2 cm³/mol. The summed E-state index contributed by atoms with van der Waals surface area (Å²) in [6.45, 7) is 9.72. The molecule has 0 saturated carbocycles. The van der Waals surface area contributed by atoms with Gasteiger partial charge < -0.3 is 10.1 Å². The normalized spacial score (nSPS) is 27.2. The van der Waals surface area contributed by atoms with Gasteiger partial charge in [-0.1, -0.05) is 6.92 Å². The average Bonchev–Trinajstić information content (AvgIpc) is 2.76. The first-order valence-electron chi connectivity index (χ1n) is 7.60. The van der Waals surface area contributed by atoms with Crippen molar-refractivity contribution in [1.82, 2.24) is 10.2 Å². The Morgan fingerprint density at radius 2 is 2.11 bits per heavy atom. The molecule has 1 saturated heterocycles. The minimum Gasteiger partial charge on any atom is -0.465 e. The molecule has 1 aliphatic heterocycles. The molecule has 4 nitrogen and oxygen atoms in total. The number of carbonyl (C=O) groups is 1. The van der Waals surface area contributed by atoms with E-state index in [1.54, 1.807) is 0 Å². The number of hydrogen-bond acceptors (Lipinski definition) is 4. The summed E-state index contributed by atoms with van der Waals surface area (Å²) < 4.78 is 5.17. The fourth-order valence-electron chi connectivity index (χ4n) is 2.94. The van der Waals surface area contributed by atoms with E-state index in [-0.39, 0.29) is 5.97 Å². The first-order valence-corrected chi connectivity index (χ1v) is 7.60. The maximum Gasteiger partial charge on any atom is 0.326 e. The van der Waals surface area contributed by atoms with Crippen molar-refractivity contribution in [2.24, 2.45) is 0 Å². The van der Waals surface area contributed by atoms with Gasteiger partial charge in [-0.3, -0.25) is 9.69 Å². The molecule has 0 radical (unpaired) electrons.